The fraction of sp³-hybridized carbons (Fsp3) is 0.500. The van der Waals surface area contributed by atoms with Gasteiger partial charge in [0.05, 0.1) is 17.7 Å². The molecule has 1 aliphatic heterocycles. The van der Waals surface area contributed by atoms with Crippen molar-refractivity contribution in [3.05, 3.63) is 18.2 Å². The van der Waals surface area contributed by atoms with Gasteiger partial charge >= 0.3 is 0 Å². The van der Waals surface area contributed by atoms with Crippen LogP contribution >= 0.6 is 0 Å². The first-order valence-electron chi connectivity index (χ1n) is 6.19. The molecule has 0 amide bonds. The minimum absolute atomic E-state index is 0.0877. The number of nitrogens with two attached hydrogens (primary N) is 1. The zero-order valence-electron chi connectivity index (χ0n) is 10.8. The van der Waals surface area contributed by atoms with Crippen molar-refractivity contribution >= 4 is 15.7 Å². The largest absolute Gasteiger partial charge is 0.495 e. The van der Waals surface area contributed by atoms with Gasteiger partial charge in [0, 0.05) is 6.04 Å². The zero-order valence-corrected chi connectivity index (χ0v) is 11.7. The molecule has 1 aromatic rings. The number of piperidine rings is 1. The van der Waals surface area contributed by atoms with Crippen LogP contribution in [0.1, 0.15) is 12.8 Å². The van der Waals surface area contributed by atoms with Crippen molar-refractivity contribution in [2.75, 3.05) is 25.5 Å². The van der Waals surface area contributed by atoms with Crippen molar-refractivity contribution in [1.82, 2.24) is 5.32 Å². The second-order valence-electron chi connectivity index (χ2n) is 4.58. The smallest absolute Gasteiger partial charge is 0.238 e. The van der Waals surface area contributed by atoms with E-state index in [0.717, 1.165) is 25.9 Å². The van der Waals surface area contributed by atoms with Crippen LogP contribution < -0.4 is 20.5 Å². The monoisotopic (exact) mass is 285 g/mol. The van der Waals surface area contributed by atoms with E-state index in [2.05, 4.69) is 10.6 Å². The summed E-state index contributed by atoms with van der Waals surface area (Å²) in [5, 5.41) is 11.7. The Morgan fingerprint density at radius 1 is 1.37 bits per heavy atom. The molecule has 19 heavy (non-hydrogen) atoms. The van der Waals surface area contributed by atoms with Crippen LogP contribution in [0.15, 0.2) is 23.1 Å². The molecule has 6 nitrogen and oxygen atoms in total. The van der Waals surface area contributed by atoms with Gasteiger partial charge in [0.2, 0.25) is 10.0 Å². The third-order valence-corrected chi connectivity index (χ3v) is 4.11. The van der Waals surface area contributed by atoms with Gasteiger partial charge in [-0.05, 0) is 44.1 Å². The molecule has 1 fully saturated rings. The fourth-order valence-electron chi connectivity index (χ4n) is 2.16. The summed E-state index contributed by atoms with van der Waals surface area (Å²) in [5.74, 6) is 0.617. The van der Waals surface area contributed by atoms with Crippen molar-refractivity contribution < 1.29 is 13.2 Å². The van der Waals surface area contributed by atoms with Crippen molar-refractivity contribution in [2.24, 2.45) is 5.14 Å². The highest BCUT2D eigenvalue weighted by atomic mass is 32.2. The first-order valence-corrected chi connectivity index (χ1v) is 7.73. The number of primary sulfonamides is 1. The lowest BCUT2D eigenvalue weighted by Crippen LogP contribution is -2.35. The van der Waals surface area contributed by atoms with E-state index < -0.39 is 10.0 Å². The normalized spacial score (nSPS) is 17.2. The standard InChI is InChI=1S/C12H19N3O3S/c1-18-12-3-2-10(19(13,16)17)8-11(12)15-9-4-6-14-7-5-9/h2-3,8-9,14-15H,4-7H2,1H3,(H2,13,16,17). The number of rotatable bonds is 4. The number of nitrogens with one attached hydrogen (secondary N) is 2. The maximum absolute atomic E-state index is 11.4. The maximum Gasteiger partial charge on any atom is 0.238 e. The molecule has 2 rings (SSSR count). The van der Waals surface area contributed by atoms with E-state index >= 15 is 0 Å². The van der Waals surface area contributed by atoms with Gasteiger partial charge in [0.15, 0.2) is 0 Å². The third kappa shape index (κ3) is 3.59. The summed E-state index contributed by atoms with van der Waals surface area (Å²) >= 11 is 0. The Hall–Kier alpha value is -1.31. The highest BCUT2D eigenvalue weighted by molar-refractivity contribution is 7.89. The lowest BCUT2D eigenvalue weighted by molar-refractivity contribution is 0.413. The molecular weight excluding hydrogens is 266 g/mol. The van der Waals surface area contributed by atoms with E-state index in [1.807, 2.05) is 0 Å². The van der Waals surface area contributed by atoms with Crippen molar-refractivity contribution in [2.45, 2.75) is 23.8 Å². The van der Waals surface area contributed by atoms with E-state index in [1.165, 1.54) is 12.1 Å². The summed E-state index contributed by atoms with van der Waals surface area (Å²) in [6.07, 6.45) is 1.98. The fourth-order valence-corrected chi connectivity index (χ4v) is 2.70. The quantitative estimate of drug-likeness (QED) is 0.749. The van der Waals surface area contributed by atoms with Crippen LogP contribution in [0.3, 0.4) is 0 Å². The summed E-state index contributed by atoms with van der Waals surface area (Å²) < 4.78 is 28.0. The first kappa shape index (κ1) is 14.1. The molecular formula is C12H19N3O3S. The second kappa shape index (κ2) is 5.77. The Kier molecular flexibility index (Phi) is 4.28. The summed E-state index contributed by atoms with van der Waals surface area (Å²) in [4.78, 5) is 0.0877. The van der Waals surface area contributed by atoms with Gasteiger partial charge < -0.3 is 15.4 Å². The molecule has 106 valence electrons. The van der Waals surface area contributed by atoms with Gasteiger partial charge in [-0.2, -0.15) is 0 Å². The van der Waals surface area contributed by atoms with Crippen LogP contribution in [0, 0.1) is 0 Å². The topological polar surface area (TPSA) is 93.5 Å². The highest BCUT2D eigenvalue weighted by Crippen LogP contribution is 2.28. The number of ether oxygens (including phenoxy) is 1. The summed E-state index contributed by atoms with van der Waals surface area (Å²) in [6, 6.07) is 4.90. The van der Waals surface area contributed by atoms with Crippen molar-refractivity contribution in [3.8, 4) is 5.75 Å². The first-order chi connectivity index (χ1) is 9.00. The molecule has 0 radical (unpaired) electrons. The van der Waals surface area contributed by atoms with E-state index in [4.69, 9.17) is 9.88 Å². The molecule has 1 saturated heterocycles. The predicted octanol–water partition coefficient (Wildman–Crippen LogP) is 0.506. The average molecular weight is 285 g/mol. The van der Waals surface area contributed by atoms with Crippen LogP contribution in [0.2, 0.25) is 0 Å². The Morgan fingerprint density at radius 3 is 2.63 bits per heavy atom. The molecule has 1 aliphatic rings. The van der Waals surface area contributed by atoms with Crippen LogP contribution in [0.5, 0.6) is 5.75 Å². The summed E-state index contributed by atoms with van der Waals surface area (Å²) in [5.41, 5.74) is 0.668. The number of sulfonamides is 1. The Bertz CT molecular complexity index is 539. The Balaban J connectivity index is 2.25. The van der Waals surface area contributed by atoms with E-state index in [0.29, 0.717) is 17.5 Å². The molecule has 0 atom stereocenters. The van der Waals surface area contributed by atoms with Gasteiger partial charge in [0.1, 0.15) is 5.75 Å². The molecule has 1 aromatic carbocycles. The van der Waals surface area contributed by atoms with Crippen LogP contribution in [0.25, 0.3) is 0 Å². The van der Waals surface area contributed by atoms with E-state index in [1.54, 1.807) is 13.2 Å². The van der Waals surface area contributed by atoms with Crippen LogP contribution in [-0.4, -0.2) is 34.7 Å². The molecule has 0 saturated carbocycles. The van der Waals surface area contributed by atoms with Gasteiger partial charge in [-0.1, -0.05) is 0 Å². The summed E-state index contributed by atoms with van der Waals surface area (Å²) in [6.45, 7) is 1.91. The molecule has 0 unspecified atom stereocenters. The Morgan fingerprint density at radius 2 is 2.05 bits per heavy atom. The minimum Gasteiger partial charge on any atom is -0.495 e. The molecule has 0 bridgehead atoms. The molecule has 0 aliphatic carbocycles. The van der Waals surface area contributed by atoms with Gasteiger partial charge in [-0.15, -0.1) is 0 Å². The van der Waals surface area contributed by atoms with Gasteiger partial charge in [0.25, 0.3) is 0 Å². The molecule has 1 heterocycles. The number of methoxy groups -OCH3 is 1. The number of benzene rings is 1. The molecule has 0 spiro atoms. The maximum atomic E-state index is 11.4. The molecule has 0 aromatic heterocycles. The summed E-state index contributed by atoms with van der Waals surface area (Å²) in [7, 11) is -2.14. The number of hydrogen-bond acceptors (Lipinski definition) is 5. The average Bonchev–Trinajstić information content (AvgIpc) is 2.39. The lowest BCUT2D eigenvalue weighted by Gasteiger charge is -2.25. The Labute approximate surface area is 113 Å². The minimum atomic E-state index is -3.70. The SMILES string of the molecule is COc1ccc(S(N)(=O)=O)cc1NC1CCNCC1. The molecule has 4 N–H and O–H groups in total. The third-order valence-electron chi connectivity index (χ3n) is 3.20. The van der Waals surface area contributed by atoms with E-state index in [-0.39, 0.29) is 4.90 Å². The number of hydrogen-bond donors (Lipinski definition) is 3. The number of anilines is 1. The second-order valence-corrected chi connectivity index (χ2v) is 6.14. The van der Waals surface area contributed by atoms with Crippen LogP contribution in [0.4, 0.5) is 5.69 Å². The lowest BCUT2D eigenvalue weighted by atomic mass is 10.1. The van der Waals surface area contributed by atoms with Crippen LogP contribution in [-0.2, 0) is 10.0 Å². The van der Waals surface area contributed by atoms with Crippen molar-refractivity contribution in [3.63, 3.8) is 0 Å². The van der Waals surface area contributed by atoms with Crippen molar-refractivity contribution in [1.29, 1.82) is 0 Å². The molecule has 7 heteroatoms. The van der Waals surface area contributed by atoms with Gasteiger partial charge in [-0.25, -0.2) is 13.6 Å². The zero-order chi connectivity index (χ0) is 13.9. The highest BCUT2D eigenvalue weighted by Gasteiger charge is 2.17. The predicted molar refractivity (Wildman–Crippen MR) is 73.9 cm³/mol. The van der Waals surface area contributed by atoms with Gasteiger partial charge in [-0.3, -0.25) is 0 Å². The van der Waals surface area contributed by atoms with E-state index in [9.17, 15) is 8.42 Å².